The van der Waals surface area contributed by atoms with Gasteiger partial charge in [-0.2, -0.15) is 0 Å². The lowest BCUT2D eigenvalue weighted by Crippen LogP contribution is -2.40. The number of phenolic OH excluding ortho intramolecular Hbond substituents is 1. The van der Waals surface area contributed by atoms with E-state index < -0.39 is 0 Å². The predicted molar refractivity (Wildman–Crippen MR) is 78.2 cm³/mol. The van der Waals surface area contributed by atoms with Crippen molar-refractivity contribution in [3.8, 4) is 5.75 Å². The first kappa shape index (κ1) is 13.0. The smallest absolute Gasteiger partial charge is 0.115 e. The molecule has 104 valence electrons. The first-order chi connectivity index (χ1) is 9.22. The zero-order valence-electron chi connectivity index (χ0n) is 11.9. The van der Waals surface area contributed by atoms with Crippen molar-refractivity contribution in [2.75, 3.05) is 13.1 Å². The lowest BCUT2D eigenvalue weighted by atomic mass is 9.69. The summed E-state index contributed by atoms with van der Waals surface area (Å²) in [6.45, 7) is 4.38. The van der Waals surface area contributed by atoms with E-state index in [2.05, 4.69) is 18.3 Å². The number of nitrogens with one attached hydrogen (secondary N) is 1. The van der Waals surface area contributed by atoms with Gasteiger partial charge in [-0.25, -0.2) is 0 Å². The van der Waals surface area contributed by atoms with Crippen molar-refractivity contribution in [3.63, 3.8) is 0 Å². The van der Waals surface area contributed by atoms with Crippen LogP contribution in [-0.4, -0.2) is 18.2 Å². The van der Waals surface area contributed by atoms with Crippen LogP contribution in [0.15, 0.2) is 24.3 Å². The van der Waals surface area contributed by atoms with Crippen LogP contribution in [0.1, 0.15) is 38.2 Å². The molecule has 0 aliphatic heterocycles. The maximum Gasteiger partial charge on any atom is 0.115 e. The Labute approximate surface area is 116 Å². The summed E-state index contributed by atoms with van der Waals surface area (Å²) in [5.74, 6) is 2.25. The molecule has 2 N–H and O–H groups in total. The van der Waals surface area contributed by atoms with Crippen molar-refractivity contribution >= 4 is 0 Å². The maximum absolute atomic E-state index is 9.66. The largest absolute Gasteiger partial charge is 0.508 e. The molecular formula is C17H25NO. The average Bonchev–Trinajstić information content (AvgIpc) is 2.97. The Morgan fingerprint density at radius 1 is 1.37 bits per heavy atom. The summed E-state index contributed by atoms with van der Waals surface area (Å²) in [4.78, 5) is 0. The Morgan fingerprint density at radius 2 is 2.26 bits per heavy atom. The monoisotopic (exact) mass is 259 g/mol. The van der Waals surface area contributed by atoms with Gasteiger partial charge in [-0.15, -0.1) is 0 Å². The van der Waals surface area contributed by atoms with Crippen LogP contribution in [0.2, 0.25) is 0 Å². The molecule has 3 atom stereocenters. The third kappa shape index (κ3) is 2.51. The molecule has 2 fully saturated rings. The number of fused-ring (bicyclic) bond motifs is 2. The van der Waals surface area contributed by atoms with Crippen LogP contribution in [0.4, 0.5) is 0 Å². The van der Waals surface area contributed by atoms with Crippen LogP contribution in [0.3, 0.4) is 0 Å². The highest BCUT2D eigenvalue weighted by molar-refractivity contribution is 5.28. The number of hydrogen-bond donors (Lipinski definition) is 2. The summed E-state index contributed by atoms with van der Waals surface area (Å²) in [5.41, 5.74) is 1.73. The highest BCUT2D eigenvalue weighted by Crippen LogP contribution is 2.57. The van der Waals surface area contributed by atoms with Gasteiger partial charge in [-0.1, -0.05) is 25.5 Å². The standard InChI is InChI=1S/C17H25NO/c1-2-18-12-17(11-14-6-7-15(17)8-14)10-13-4-3-5-16(19)9-13/h3-5,9,14-15,18-19H,2,6-8,10-12H2,1H3. The summed E-state index contributed by atoms with van der Waals surface area (Å²) in [6, 6.07) is 7.85. The number of rotatable bonds is 5. The molecule has 2 aliphatic rings. The lowest BCUT2D eigenvalue weighted by Gasteiger charge is -2.38. The van der Waals surface area contributed by atoms with Crippen molar-refractivity contribution in [3.05, 3.63) is 29.8 Å². The molecule has 2 heteroatoms. The fraction of sp³-hybridized carbons (Fsp3) is 0.647. The van der Waals surface area contributed by atoms with Gasteiger partial charge < -0.3 is 10.4 Å². The van der Waals surface area contributed by atoms with Gasteiger partial charge in [0.15, 0.2) is 0 Å². The highest BCUT2D eigenvalue weighted by Gasteiger charge is 2.50. The zero-order chi connectivity index (χ0) is 13.3. The fourth-order valence-electron chi connectivity index (χ4n) is 4.50. The van der Waals surface area contributed by atoms with E-state index in [4.69, 9.17) is 0 Å². The van der Waals surface area contributed by atoms with Gasteiger partial charge in [0.05, 0.1) is 0 Å². The predicted octanol–water partition coefficient (Wildman–Crippen LogP) is 3.35. The van der Waals surface area contributed by atoms with Gasteiger partial charge in [-0.05, 0) is 67.2 Å². The highest BCUT2D eigenvalue weighted by atomic mass is 16.3. The van der Waals surface area contributed by atoms with E-state index in [0.29, 0.717) is 11.2 Å². The first-order valence-electron chi connectivity index (χ1n) is 7.70. The van der Waals surface area contributed by atoms with Crippen LogP contribution in [0.25, 0.3) is 0 Å². The molecule has 1 aromatic rings. The second kappa shape index (κ2) is 5.16. The number of hydrogen-bond acceptors (Lipinski definition) is 2. The van der Waals surface area contributed by atoms with E-state index >= 15 is 0 Å². The minimum Gasteiger partial charge on any atom is -0.508 e. The Bertz CT molecular complexity index is 445. The zero-order valence-corrected chi connectivity index (χ0v) is 11.9. The van der Waals surface area contributed by atoms with Crippen molar-refractivity contribution < 1.29 is 5.11 Å². The van der Waals surface area contributed by atoms with Gasteiger partial charge in [0, 0.05) is 6.54 Å². The quantitative estimate of drug-likeness (QED) is 0.850. The summed E-state index contributed by atoms with van der Waals surface area (Å²) < 4.78 is 0. The van der Waals surface area contributed by atoms with Crippen molar-refractivity contribution in [2.24, 2.45) is 17.3 Å². The van der Waals surface area contributed by atoms with Crippen LogP contribution in [0, 0.1) is 17.3 Å². The van der Waals surface area contributed by atoms with Gasteiger partial charge in [0.1, 0.15) is 5.75 Å². The first-order valence-corrected chi connectivity index (χ1v) is 7.70. The second-order valence-corrected chi connectivity index (χ2v) is 6.57. The SMILES string of the molecule is CCNCC1(Cc2cccc(O)c2)CC2CCC1C2. The minimum absolute atomic E-state index is 0.402. The van der Waals surface area contributed by atoms with Crippen molar-refractivity contribution in [1.82, 2.24) is 5.32 Å². The molecule has 19 heavy (non-hydrogen) atoms. The molecule has 3 unspecified atom stereocenters. The average molecular weight is 259 g/mol. The van der Waals surface area contributed by atoms with Crippen molar-refractivity contribution in [2.45, 2.75) is 39.0 Å². The van der Waals surface area contributed by atoms with Crippen LogP contribution in [0.5, 0.6) is 5.75 Å². The van der Waals surface area contributed by atoms with E-state index in [0.717, 1.165) is 31.3 Å². The van der Waals surface area contributed by atoms with E-state index in [-0.39, 0.29) is 0 Å². The third-order valence-corrected chi connectivity index (χ3v) is 5.30. The van der Waals surface area contributed by atoms with Crippen molar-refractivity contribution in [1.29, 1.82) is 0 Å². The second-order valence-electron chi connectivity index (χ2n) is 6.57. The van der Waals surface area contributed by atoms with Crippen LogP contribution < -0.4 is 5.32 Å². The number of phenols is 1. The third-order valence-electron chi connectivity index (χ3n) is 5.30. The summed E-state index contributed by atoms with van der Waals surface area (Å²) >= 11 is 0. The molecule has 1 aromatic carbocycles. The van der Waals surface area contributed by atoms with Gasteiger partial charge >= 0.3 is 0 Å². The molecule has 2 bridgehead atoms. The molecule has 0 amide bonds. The molecule has 0 spiro atoms. The van der Waals surface area contributed by atoms with Gasteiger partial charge in [-0.3, -0.25) is 0 Å². The maximum atomic E-state index is 9.66. The van der Waals surface area contributed by atoms with E-state index in [1.807, 2.05) is 12.1 Å². The molecular weight excluding hydrogens is 234 g/mol. The van der Waals surface area contributed by atoms with E-state index in [9.17, 15) is 5.11 Å². The molecule has 3 rings (SSSR count). The Hall–Kier alpha value is -1.02. The van der Waals surface area contributed by atoms with Gasteiger partial charge in [0.2, 0.25) is 0 Å². The van der Waals surface area contributed by atoms with Crippen LogP contribution in [-0.2, 0) is 6.42 Å². The summed E-state index contributed by atoms with van der Waals surface area (Å²) in [7, 11) is 0. The minimum atomic E-state index is 0.402. The topological polar surface area (TPSA) is 32.3 Å². The molecule has 2 saturated carbocycles. The Morgan fingerprint density at radius 3 is 2.89 bits per heavy atom. The molecule has 2 nitrogen and oxygen atoms in total. The Balaban J connectivity index is 1.80. The molecule has 0 radical (unpaired) electrons. The molecule has 0 aromatic heterocycles. The number of benzene rings is 1. The Kier molecular flexibility index (Phi) is 3.53. The lowest BCUT2D eigenvalue weighted by molar-refractivity contribution is 0.157. The normalized spacial score (nSPS) is 32.9. The molecule has 0 heterocycles. The van der Waals surface area contributed by atoms with E-state index in [1.165, 1.54) is 31.2 Å². The molecule has 2 aliphatic carbocycles. The molecule has 0 saturated heterocycles. The fourth-order valence-corrected chi connectivity index (χ4v) is 4.50. The summed E-state index contributed by atoms with van der Waals surface area (Å²) in [5, 5.41) is 13.3. The number of aromatic hydroxyl groups is 1. The summed E-state index contributed by atoms with van der Waals surface area (Å²) in [6.07, 6.45) is 6.79. The van der Waals surface area contributed by atoms with Gasteiger partial charge in [0.25, 0.3) is 0 Å². The van der Waals surface area contributed by atoms with E-state index in [1.54, 1.807) is 6.07 Å². The van der Waals surface area contributed by atoms with Crippen LogP contribution >= 0.6 is 0 Å².